The summed E-state index contributed by atoms with van der Waals surface area (Å²) in [4.78, 5) is 15.6. The first-order valence-electron chi connectivity index (χ1n) is 7.44. The van der Waals surface area contributed by atoms with Crippen LogP contribution in [0.2, 0.25) is 5.02 Å². The van der Waals surface area contributed by atoms with Gasteiger partial charge in [-0.2, -0.15) is 0 Å². The summed E-state index contributed by atoms with van der Waals surface area (Å²) in [7, 11) is 0. The standard InChI is InChI=1S/C18H17ClN2O2/c1-11(2)21-16-7-6-12(9-17(22)23)8-15(16)20-18(21)13-4-3-5-14(19)10-13/h3-8,10-11H,9H2,1-2H3,(H,22,23). The molecule has 0 fully saturated rings. The molecule has 5 heteroatoms. The highest BCUT2D eigenvalue weighted by Gasteiger charge is 2.16. The van der Waals surface area contributed by atoms with Crippen LogP contribution >= 0.6 is 11.6 Å². The van der Waals surface area contributed by atoms with Gasteiger partial charge in [-0.15, -0.1) is 0 Å². The van der Waals surface area contributed by atoms with Gasteiger partial charge in [0.05, 0.1) is 17.5 Å². The van der Waals surface area contributed by atoms with Crippen molar-refractivity contribution in [3.05, 3.63) is 53.1 Å². The minimum absolute atomic E-state index is 0.00300. The van der Waals surface area contributed by atoms with Crippen LogP contribution in [0.5, 0.6) is 0 Å². The Bertz CT molecular complexity index is 884. The van der Waals surface area contributed by atoms with Crippen molar-refractivity contribution in [2.75, 3.05) is 0 Å². The molecular formula is C18H17ClN2O2. The zero-order chi connectivity index (χ0) is 16.6. The number of carboxylic acids is 1. The van der Waals surface area contributed by atoms with Crippen LogP contribution in [-0.4, -0.2) is 20.6 Å². The molecule has 0 aliphatic rings. The fourth-order valence-corrected chi connectivity index (χ4v) is 2.97. The largest absolute Gasteiger partial charge is 0.481 e. The SMILES string of the molecule is CC(C)n1c(-c2cccc(Cl)c2)nc2cc(CC(=O)O)ccc21. The Morgan fingerprint density at radius 2 is 2.04 bits per heavy atom. The number of hydrogen-bond donors (Lipinski definition) is 1. The first kappa shape index (κ1) is 15.6. The molecule has 23 heavy (non-hydrogen) atoms. The van der Waals surface area contributed by atoms with Crippen LogP contribution in [0.3, 0.4) is 0 Å². The van der Waals surface area contributed by atoms with Crippen molar-refractivity contribution in [2.45, 2.75) is 26.3 Å². The Hall–Kier alpha value is -2.33. The monoisotopic (exact) mass is 328 g/mol. The van der Waals surface area contributed by atoms with Crippen molar-refractivity contribution in [3.63, 3.8) is 0 Å². The molecule has 0 saturated heterocycles. The number of imidazole rings is 1. The zero-order valence-electron chi connectivity index (χ0n) is 13.0. The third-order valence-electron chi connectivity index (χ3n) is 3.71. The molecule has 0 aliphatic heterocycles. The van der Waals surface area contributed by atoms with Gasteiger partial charge in [-0.25, -0.2) is 4.98 Å². The van der Waals surface area contributed by atoms with Gasteiger partial charge in [0.25, 0.3) is 0 Å². The number of nitrogens with zero attached hydrogens (tertiary/aromatic N) is 2. The Labute approximate surface area is 139 Å². The summed E-state index contributed by atoms with van der Waals surface area (Å²) in [5, 5.41) is 9.62. The molecule has 0 amide bonds. The summed E-state index contributed by atoms with van der Waals surface area (Å²) < 4.78 is 2.14. The summed E-state index contributed by atoms with van der Waals surface area (Å²) >= 11 is 6.11. The van der Waals surface area contributed by atoms with E-state index in [0.717, 1.165) is 28.0 Å². The van der Waals surface area contributed by atoms with E-state index in [0.29, 0.717) is 5.02 Å². The highest BCUT2D eigenvalue weighted by Crippen LogP contribution is 2.30. The first-order valence-corrected chi connectivity index (χ1v) is 7.82. The maximum absolute atomic E-state index is 10.9. The van der Waals surface area contributed by atoms with E-state index in [1.165, 1.54) is 0 Å². The maximum atomic E-state index is 10.9. The molecule has 2 aromatic carbocycles. The van der Waals surface area contributed by atoms with Crippen LogP contribution in [-0.2, 0) is 11.2 Å². The summed E-state index contributed by atoms with van der Waals surface area (Å²) in [5.74, 6) is -0.00678. The van der Waals surface area contributed by atoms with Gasteiger partial charge in [-0.3, -0.25) is 4.79 Å². The van der Waals surface area contributed by atoms with E-state index in [1.807, 2.05) is 42.5 Å². The normalized spacial score (nSPS) is 11.3. The van der Waals surface area contributed by atoms with Crippen molar-refractivity contribution in [3.8, 4) is 11.4 Å². The lowest BCUT2D eigenvalue weighted by Gasteiger charge is -2.13. The van der Waals surface area contributed by atoms with Crippen LogP contribution in [0.1, 0.15) is 25.5 Å². The van der Waals surface area contributed by atoms with Crippen molar-refractivity contribution >= 4 is 28.6 Å². The van der Waals surface area contributed by atoms with E-state index >= 15 is 0 Å². The van der Waals surface area contributed by atoms with Crippen LogP contribution in [0, 0.1) is 0 Å². The number of carbonyl (C=O) groups is 1. The van der Waals surface area contributed by atoms with Crippen molar-refractivity contribution in [1.82, 2.24) is 9.55 Å². The summed E-state index contributed by atoms with van der Waals surface area (Å²) in [6.07, 6.45) is -0.00300. The van der Waals surface area contributed by atoms with Gasteiger partial charge >= 0.3 is 5.97 Å². The lowest BCUT2D eigenvalue weighted by molar-refractivity contribution is -0.136. The molecular weight excluding hydrogens is 312 g/mol. The molecule has 1 N–H and O–H groups in total. The average molecular weight is 329 g/mol. The second-order valence-corrected chi connectivity index (χ2v) is 6.24. The number of carboxylic acid groups (broad SMARTS) is 1. The quantitative estimate of drug-likeness (QED) is 0.763. The van der Waals surface area contributed by atoms with Gasteiger partial charge in [-0.1, -0.05) is 29.8 Å². The van der Waals surface area contributed by atoms with E-state index in [1.54, 1.807) is 0 Å². The number of halogens is 1. The lowest BCUT2D eigenvalue weighted by Crippen LogP contribution is -2.03. The Morgan fingerprint density at radius 3 is 2.70 bits per heavy atom. The van der Waals surface area contributed by atoms with Crippen LogP contribution < -0.4 is 0 Å². The molecule has 1 heterocycles. The highest BCUT2D eigenvalue weighted by molar-refractivity contribution is 6.30. The molecule has 0 saturated carbocycles. The number of rotatable bonds is 4. The van der Waals surface area contributed by atoms with Crippen molar-refractivity contribution in [2.24, 2.45) is 0 Å². The molecule has 1 aromatic heterocycles. The molecule has 0 radical (unpaired) electrons. The van der Waals surface area contributed by atoms with Crippen molar-refractivity contribution < 1.29 is 9.90 Å². The maximum Gasteiger partial charge on any atom is 0.307 e. The van der Waals surface area contributed by atoms with Gasteiger partial charge in [0.1, 0.15) is 5.82 Å². The number of hydrogen-bond acceptors (Lipinski definition) is 2. The number of aliphatic carboxylic acids is 1. The average Bonchev–Trinajstić information content (AvgIpc) is 2.85. The van der Waals surface area contributed by atoms with Crippen LogP contribution in [0.15, 0.2) is 42.5 Å². The third kappa shape index (κ3) is 3.08. The predicted octanol–water partition coefficient (Wildman–Crippen LogP) is 4.56. The second kappa shape index (κ2) is 6.05. The highest BCUT2D eigenvalue weighted by atomic mass is 35.5. The molecule has 3 aromatic rings. The first-order chi connectivity index (χ1) is 11.0. The lowest BCUT2D eigenvalue weighted by atomic mass is 10.1. The van der Waals surface area contributed by atoms with Crippen LogP contribution in [0.25, 0.3) is 22.4 Å². The molecule has 0 aliphatic carbocycles. The van der Waals surface area contributed by atoms with E-state index in [9.17, 15) is 4.79 Å². The molecule has 118 valence electrons. The topological polar surface area (TPSA) is 55.1 Å². The molecule has 0 spiro atoms. The molecule has 3 rings (SSSR count). The predicted molar refractivity (Wildman–Crippen MR) is 91.9 cm³/mol. The van der Waals surface area contributed by atoms with E-state index in [-0.39, 0.29) is 12.5 Å². The zero-order valence-corrected chi connectivity index (χ0v) is 13.7. The Balaban J connectivity index is 2.20. The smallest absolute Gasteiger partial charge is 0.307 e. The van der Waals surface area contributed by atoms with E-state index < -0.39 is 5.97 Å². The van der Waals surface area contributed by atoms with Crippen molar-refractivity contribution in [1.29, 1.82) is 0 Å². The Morgan fingerprint density at radius 1 is 1.26 bits per heavy atom. The van der Waals surface area contributed by atoms with Gasteiger partial charge in [0, 0.05) is 16.6 Å². The second-order valence-electron chi connectivity index (χ2n) is 5.80. The minimum Gasteiger partial charge on any atom is -0.481 e. The molecule has 0 atom stereocenters. The summed E-state index contributed by atoms with van der Waals surface area (Å²) in [6, 6.07) is 13.4. The minimum atomic E-state index is -0.845. The molecule has 4 nitrogen and oxygen atoms in total. The number of benzene rings is 2. The number of aromatic nitrogens is 2. The molecule has 0 unspecified atom stereocenters. The van der Waals surface area contributed by atoms with E-state index in [4.69, 9.17) is 21.7 Å². The molecule has 0 bridgehead atoms. The van der Waals surface area contributed by atoms with Gasteiger partial charge < -0.3 is 9.67 Å². The Kier molecular flexibility index (Phi) is 4.09. The van der Waals surface area contributed by atoms with Crippen LogP contribution in [0.4, 0.5) is 0 Å². The van der Waals surface area contributed by atoms with Gasteiger partial charge in [0.2, 0.25) is 0 Å². The fraction of sp³-hybridized carbons (Fsp3) is 0.222. The van der Waals surface area contributed by atoms with Gasteiger partial charge in [0.15, 0.2) is 0 Å². The number of fused-ring (bicyclic) bond motifs is 1. The third-order valence-corrected chi connectivity index (χ3v) is 3.94. The summed E-state index contributed by atoms with van der Waals surface area (Å²) in [6.45, 7) is 4.20. The van der Waals surface area contributed by atoms with Gasteiger partial charge in [-0.05, 0) is 43.7 Å². The fourth-order valence-electron chi connectivity index (χ4n) is 2.78. The summed E-state index contributed by atoms with van der Waals surface area (Å²) in [5.41, 5.74) is 3.48. The van der Waals surface area contributed by atoms with E-state index in [2.05, 4.69) is 18.4 Å².